The minimum absolute atomic E-state index is 0.0823. The van der Waals surface area contributed by atoms with Gasteiger partial charge < -0.3 is 20.2 Å². The molecule has 2 aliphatic heterocycles. The van der Waals surface area contributed by atoms with Gasteiger partial charge in [-0.3, -0.25) is 14.4 Å². The number of carbonyl (C=O) groups excluding carboxylic acids is 3. The first-order valence-corrected chi connectivity index (χ1v) is 13.3. The van der Waals surface area contributed by atoms with E-state index in [1.807, 2.05) is 44.2 Å². The molecule has 0 saturated carbocycles. The van der Waals surface area contributed by atoms with Crippen LogP contribution in [0.3, 0.4) is 0 Å². The minimum atomic E-state index is -0.780. The molecule has 3 aliphatic rings. The second-order valence-electron chi connectivity index (χ2n) is 10.7. The van der Waals surface area contributed by atoms with Gasteiger partial charge in [0, 0.05) is 31.6 Å². The van der Waals surface area contributed by atoms with Crippen LogP contribution in [-0.4, -0.2) is 57.4 Å². The molecule has 2 N–H and O–H groups in total. The quantitative estimate of drug-likeness (QED) is 0.608. The summed E-state index contributed by atoms with van der Waals surface area (Å²) in [7, 11) is 0. The number of rotatable bonds is 7. The fourth-order valence-corrected chi connectivity index (χ4v) is 5.83. The van der Waals surface area contributed by atoms with Gasteiger partial charge in [0.2, 0.25) is 11.8 Å². The Kier molecular flexibility index (Phi) is 7.15. The molecule has 3 atom stereocenters. The molecule has 1 fully saturated rings. The van der Waals surface area contributed by atoms with Crippen LogP contribution in [0.15, 0.2) is 54.6 Å². The largest absolute Gasteiger partial charge is 0.391 e. The highest BCUT2D eigenvalue weighted by Gasteiger charge is 2.45. The maximum absolute atomic E-state index is 13.8. The fourth-order valence-electron chi connectivity index (χ4n) is 5.83. The van der Waals surface area contributed by atoms with Crippen LogP contribution in [0.5, 0.6) is 0 Å². The maximum atomic E-state index is 13.8. The van der Waals surface area contributed by atoms with E-state index in [-0.39, 0.29) is 36.6 Å². The van der Waals surface area contributed by atoms with Crippen LogP contribution >= 0.6 is 0 Å². The van der Waals surface area contributed by atoms with E-state index in [0.29, 0.717) is 18.7 Å². The van der Waals surface area contributed by atoms with Crippen molar-refractivity contribution in [1.29, 1.82) is 0 Å². The van der Waals surface area contributed by atoms with E-state index in [0.717, 1.165) is 24.0 Å². The number of hydrogen-bond acceptors (Lipinski definition) is 4. The van der Waals surface area contributed by atoms with Crippen LogP contribution in [-0.2, 0) is 22.7 Å². The molecule has 1 saturated heterocycles. The zero-order valence-corrected chi connectivity index (χ0v) is 21.5. The van der Waals surface area contributed by atoms with Gasteiger partial charge >= 0.3 is 0 Å². The Morgan fingerprint density at radius 1 is 1.11 bits per heavy atom. The molecule has 194 valence electrons. The average molecular weight is 502 g/mol. The molecule has 5 rings (SSSR count). The van der Waals surface area contributed by atoms with Crippen molar-refractivity contribution in [2.75, 3.05) is 6.54 Å². The summed E-state index contributed by atoms with van der Waals surface area (Å²) < 4.78 is 0. The predicted molar refractivity (Wildman–Crippen MR) is 141 cm³/mol. The molecule has 0 radical (unpaired) electrons. The van der Waals surface area contributed by atoms with Gasteiger partial charge in [0.25, 0.3) is 5.91 Å². The summed E-state index contributed by atoms with van der Waals surface area (Å²) >= 11 is 0. The smallest absolute Gasteiger partial charge is 0.255 e. The van der Waals surface area contributed by atoms with Crippen molar-refractivity contribution in [2.45, 2.75) is 70.8 Å². The first-order chi connectivity index (χ1) is 17.8. The van der Waals surface area contributed by atoms with Gasteiger partial charge in [-0.25, -0.2) is 0 Å². The highest BCUT2D eigenvalue weighted by Crippen LogP contribution is 2.30. The normalized spacial score (nSPS) is 21.8. The molecule has 7 heteroatoms. The van der Waals surface area contributed by atoms with E-state index < -0.39 is 18.2 Å². The second kappa shape index (κ2) is 10.5. The Bertz CT molecular complexity index is 1220. The summed E-state index contributed by atoms with van der Waals surface area (Å²) in [6.07, 6.45) is 5.13. The Balaban J connectivity index is 1.26. The van der Waals surface area contributed by atoms with Crippen molar-refractivity contribution >= 4 is 23.3 Å². The SMILES string of the molecule is CC(C)[C@@H](C(=O)N1CC(O)CC1C(=O)NCc1ccc(C2=CCCC2)cc1)N1Cc2ccccc2C1=O. The zero-order chi connectivity index (χ0) is 26.1. The second-order valence-corrected chi connectivity index (χ2v) is 10.7. The van der Waals surface area contributed by atoms with E-state index >= 15 is 0 Å². The lowest BCUT2D eigenvalue weighted by Gasteiger charge is -2.35. The first-order valence-electron chi connectivity index (χ1n) is 13.3. The van der Waals surface area contributed by atoms with E-state index in [1.165, 1.54) is 22.5 Å². The standard InChI is InChI=1S/C30H35N3O4/c1-19(2)27(33-17-23-9-5-6-10-25(23)29(33)36)30(37)32-18-24(34)15-26(32)28(35)31-16-20-11-13-22(14-12-20)21-7-3-4-8-21/h5-7,9-14,19,24,26-27,34H,3-4,8,15-18H2,1-2H3,(H,31,35)/t24?,26?,27-/m0/s1. The van der Waals surface area contributed by atoms with Gasteiger partial charge in [0.15, 0.2) is 0 Å². The summed E-state index contributed by atoms with van der Waals surface area (Å²) in [5.74, 6) is -0.894. The van der Waals surface area contributed by atoms with Crippen molar-refractivity contribution in [1.82, 2.24) is 15.1 Å². The van der Waals surface area contributed by atoms with E-state index in [2.05, 4.69) is 23.5 Å². The number of carbonyl (C=O) groups is 3. The number of amides is 3. The van der Waals surface area contributed by atoms with Gasteiger partial charge in [0.05, 0.1) is 6.10 Å². The molecule has 7 nitrogen and oxygen atoms in total. The van der Waals surface area contributed by atoms with Gasteiger partial charge in [0.1, 0.15) is 12.1 Å². The molecule has 0 spiro atoms. The highest BCUT2D eigenvalue weighted by molar-refractivity contribution is 6.01. The molecule has 2 aromatic carbocycles. The number of allylic oxidation sites excluding steroid dienone is 2. The van der Waals surface area contributed by atoms with Gasteiger partial charge in [-0.05, 0) is 53.5 Å². The summed E-state index contributed by atoms with van der Waals surface area (Å²) in [6.45, 7) is 4.61. The minimum Gasteiger partial charge on any atom is -0.391 e. The lowest BCUT2D eigenvalue weighted by atomic mass is 10.00. The molecule has 2 heterocycles. The van der Waals surface area contributed by atoms with Gasteiger partial charge in [-0.1, -0.05) is 62.4 Å². The van der Waals surface area contributed by atoms with Crippen LogP contribution < -0.4 is 5.32 Å². The molecule has 2 unspecified atom stereocenters. The molecular weight excluding hydrogens is 466 g/mol. The number of nitrogens with zero attached hydrogens (tertiary/aromatic N) is 2. The summed E-state index contributed by atoms with van der Waals surface area (Å²) in [5.41, 5.74) is 5.10. The van der Waals surface area contributed by atoms with Crippen LogP contribution in [0.25, 0.3) is 5.57 Å². The third-order valence-electron chi connectivity index (χ3n) is 7.77. The number of fused-ring (bicyclic) bond motifs is 1. The van der Waals surface area contributed by atoms with Crippen molar-refractivity contribution in [3.63, 3.8) is 0 Å². The highest BCUT2D eigenvalue weighted by atomic mass is 16.3. The van der Waals surface area contributed by atoms with Gasteiger partial charge in [-0.2, -0.15) is 0 Å². The van der Waals surface area contributed by atoms with Crippen molar-refractivity contribution in [3.8, 4) is 0 Å². The Labute approximate surface area is 218 Å². The number of hydrogen-bond donors (Lipinski definition) is 2. The molecule has 2 aromatic rings. The number of aliphatic hydroxyl groups excluding tert-OH is 1. The Hall–Kier alpha value is -3.45. The van der Waals surface area contributed by atoms with E-state index in [1.54, 1.807) is 11.0 Å². The summed E-state index contributed by atoms with van der Waals surface area (Å²) in [5, 5.41) is 13.4. The molecule has 0 aromatic heterocycles. The van der Waals surface area contributed by atoms with Crippen molar-refractivity contribution in [3.05, 3.63) is 76.9 Å². The van der Waals surface area contributed by atoms with Crippen LogP contribution in [0, 0.1) is 5.92 Å². The maximum Gasteiger partial charge on any atom is 0.255 e. The Morgan fingerprint density at radius 3 is 2.54 bits per heavy atom. The lowest BCUT2D eigenvalue weighted by molar-refractivity contribution is -0.143. The van der Waals surface area contributed by atoms with E-state index in [9.17, 15) is 19.5 Å². The monoisotopic (exact) mass is 501 g/mol. The molecule has 3 amide bonds. The number of β-amino-alcohol motifs (C(OH)–C–C–N with tert-alkyl or cyclic N) is 1. The summed E-state index contributed by atoms with van der Waals surface area (Å²) in [4.78, 5) is 43.2. The topological polar surface area (TPSA) is 89.9 Å². The van der Waals surface area contributed by atoms with Crippen molar-refractivity contribution in [2.24, 2.45) is 5.92 Å². The molecular formula is C30H35N3O4. The van der Waals surface area contributed by atoms with Crippen LogP contribution in [0.4, 0.5) is 0 Å². The van der Waals surface area contributed by atoms with Crippen molar-refractivity contribution < 1.29 is 19.5 Å². The number of nitrogens with one attached hydrogen (secondary N) is 1. The zero-order valence-electron chi connectivity index (χ0n) is 21.5. The van der Waals surface area contributed by atoms with Crippen LogP contribution in [0.2, 0.25) is 0 Å². The molecule has 37 heavy (non-hydrogen) atoms. The lowest BCUT2D eigenvalue weighted by Crippen LogP contribution is -2.55. The molecule has 0 bridgehead atoms. The van der Waals surface area contributed by atoms with Gasteiger partial charge in [-0.15, -0.1) is 0 Å². The third kappa shape index (κ3) is 5.05. The predicted octanol–water partition coefficient (Wildman–Crippen LogP) is 3.51. The van der Waals surface area contributed by atoms with Crippen LogP contribution in [0.1, 0.15) is 66.6 Å². The number of likely N-dealkylation sites (tertiary alicyclic amines) is 1. The van der Waals surface area contributed by atoms with E-state index in [4.69, 9.17) is 0 Å². The third-order valence-corrected chi connectivity index (χ3v) is 7.77. The number of benzene rings is 2. The fraction of sp³-hybridized carbons (Fsp3) is 0.433. The Morgan fingerprint density at radius 2 is 1.86 bits per heavy atom. The molecule has 1 aliphatic carbocycles. The number of aliphatic hydroxyl groups is 1. The first kappa shape index (κ1) is 25.2. The average Bonchev–Trinajstić information content (AvgIpc) is 3.63. The summed E-state index contributed by atoms with van der Waals surface area (Å²) in [6, 6.07) is 14.1.